The highest BCUT2D eigenvalue weighted by atomic mass is 16.5. The van der Waals surface area contributed by atoms with Crippen LogP contribution in [-0.4, -0.2) is 31.4 Å². The fraction of sp³-hybridized carbons (Fsp3) is 0.625. The third-order valence-corrected chi connectivity index (χ3v) is 3.50. The molecular formula is C16H25NO3. The summed E-state index contributed by atoms with van der Waals surface area (Å²) in [5.41, 5.74) is 1.94. The number of rotatable bonds is 6. The summed E-state index contributed by atoms with van der Waals surface area (Å²) in [5.74, 6) is 2.17. The van der Waals surface area contributed by atoms with E-state index < -0.39 is 6.10 Å². The Morgan fingerprint density at radius 2 is 2.15 bits per heavy atom. The Morgan fingerprint density at radius 3 is 2.80 bits per heavy atom. The SMILES string of the molecule is COc1cc2c(cc1C(O)CNCC(C)C)OC(C)C2. The molecule has 4 heteroatoms. The van der Waals surface area contributed by atoms with Crippen LogP contribution in [0.25, 0.3) is 0 Å². The minimum atomic E-state index is -0.589. The standard InChI is InChI=1S/C16H25NO3/c1-10(2)8-17-9-14(18)13-7-15-12(5-11(3)20-15)6-16(13)19-4/h6-7,10-11,14,17-18H,5,8-9H2,1-4H3. The van der Waals surface area contributed by atoms with E-state index in [9.17, 15) is 5.11 Å². The molecule has 0 amide bonds. The number of hydrogen-bond acceptors (Lipinski definition) is 4. The third-order valence-electron chi connectivity index (χ3n) is 3.50. The molecule has 1 heterocycles. The zero-order valence-corrected chi connectivity index (χ0v) is 12.8. The summed E-state index contributed by atoms with van der Waals surface area (Å²) >= 11 is 0. The molecule has 1 aliphatic rings. The smallest absolute Gasteiger partial charge is 0.125 e. The summed E-state index contributed by atoms with van der Waals surface area (Å²) in [6, 6.07) is 3.90. The van der Waals surface area contributed by atoms with Crippen LogP contribution in [0.5, 0.6) is 11.5 Å². The van der Waals surface area contributed by atoms with Gasteiger partial charge in [-0.15, -0.1) is 0 Å². The Bertz CT molecular complexity index is 459. The second kappa shape index (κ2) is 6.46. The molecule has 2 rings (SSSR count). The second-order valence-electron chi connectivity index (χ2n) is 5.90. The molecule has 4 nitrogen and oxygen atoms in total. The number of ether oxygens (including phenoxy) is 2. The van der Waals surface area contributed by atoms with Crippen LogP contribution < -0.4 is 14.8 Å². The minimum Gasteiger partial charge on any atom is -0.496 e. The van der Waals surface area contributed by atoms with Gasteiger partial charge in [0.2, 0.25) is 0 Å². The second-order valence-corrected chi connectivity index (χ2v) is 5.90. The van der Waals surface area contributed by atoms with Gasteiger partial charge in [-0.1, -0.05) is 13.8 Å². The molecular weight excluding hydrogens is 254 g/mol. The highest BCUT2D eigenvalue weighted by Gasteiger charge is 2.24. The van der Waals surface area contributed by atoms with E-state index in [1.807, 2.05) is 19.1 Å². The first-order valence-electron chi connectivity index (χ1n) is 7.27. The Kier molecular flexibility index (Phi) is 4.89. The molecule has 0 fully saturated rings. The molecule has 0 radical (unpaired) electrons. The van der Waals surface area contributed by atoms with Gasteiger partial charge >= 0.3 is 0 Å². The lowest BCUT2D eigenvalue weighted by molar-refractivity contribution is 0.168. The Balaban J connectivity index is 2.12. The van der Waals surface area contributed by atoms with Gasteiger partial charge in [0.15, 0.2) is 0 Å². The van der Waals surface area contributed by atoms with Gasteiger partial charge < -0.3 is 19.9 Å². The topological polar surface area (TPSA) is 50.7 Å². The first-order valence-corrected chi connectivity index (χ1v) is 7.27. The van der Waals surface area contributed by atoms with Gasteiger partial charge in [-0.05, 0) is 31.5 Å². The molecule has 20 heavy (non-hydrogen) atoms. The van der Waals surface area contributed by atoms with Crippen LogP contribution in [0.2, 0.25) is 0 Å². The van der Waals surface area contributed by atoms with Crippen molar-refractivity contribution in [3.8, 4) is 11.5 Å². The van der Waals surface area contributed by atoms with Gasteiger partial charge in [-0.3, -0.25) is 0 Å². The lowest BCUT2D eigenvalue weighted by Gasteiger charge is -2.17. The lowest BCUT2D eigenvalue weighted by Crippen LogP contribution is -2.25. The zero-order valence-electron chi connectivity index (χ0n) is 12.8. The van der Waals surface area contributed by atoms with Gasteiger partial charge in [0, 0.05) is 24.1 Å². The molecule has 0 saturated heterocycles. The van der Waals surface area contributed by atoms with Crippen LogP contribution in [0.3, 0.4) is 0 Å². The molecule has 1 aromatic rings. The van der Waals surface area contributed by atoms with E-state index in [1.54, 1.807) is 7.11 Å². The number of nitrogens with one attached hydrogen (secondary N) is 1. The van der Waals surface area contributed by atoms with Gasteiger partial charge in [0.05, 0.1) is 13.2 Å². The molecule has 1 aliphatic heterocycles. The molecule has 0 aliphatic carbocycles. The van der Waals surface area contributed by atoms with E-state index in [0.717, 1.165) is 35.6 Å². The minimum absolute atomic E-state index is 0.196. The van der Waals surface area contributed by atoms with Crippen LogP contribution in [0.4, 0.5) is 0 Å². The van der Waals surface area contributed by atoms with Crippen molar-refractivity contribution in [2.24, 2.45) is 5.92 Å². The molecule has 2 unspecified atom stereocenters. The lowest BCUT2D eigenvalue weighted by atomic mass is 10.0. The predicted molar refractivity (Wildman–Crippen MR) is 79.5 cm³/mol. The maximum atomic E-state index is 10.3. The first-order chi connectivity index (χ1) is 9.51. The average Bonchev–Trinajstić information content (AvgIpc) is 2.75. The monoisotopic (exact) mass is 279 g/mol. The molecule has 0 bridgehead atoms. The number of aliphatic hydroxyl groups is 1. The molecule has 2 atom stereocenters. The summed E-state index contributed by atoms with van der Waals surface area (Å²) in [6.45, 7) is 7.74. The molecule has 1 aromatic carbocycles. The summed E-state index contributed by atoms with van der Waals surface area (Å²) in [5, 5.41) is 13.6. The fourth-order valence-electron chi connectivity index (χ4n) is 2.51. The summed E-state index contributed by atoms with van der Waals surface area (Å²) in [7, 11) is 1.64. The first kappa shape index (κ1) is 15.1. The van der Waals surface area contributed by atoms with Crippen molar-refractivity contribution >= 4 is 0 Å². The highest BCUT2D eigenvalue weighted by molar-refractivity contribution is 5.49. The number of fused-ring (bicyclic) bond motifs is 1. The van der Waals surface area contributed by atoms with E-state index in [0.29, 0.717) is 12.5 Å². The maximum absolute atomic E-state index is 10.3. The molecule has 2 N–H and O–H groups in total. The summed E-state index contributed by atoms with van der Waals surface area (Å²) < 4.78 is 11.2. The van der Waals surface area contributed by atoms with Gasteiger partial charge in [-0.25, -0.2) is 0 Å². The molecule has 0 saturated carbocycles. The summed E-state index contributed by atoms with van der Waals surface area (Å²) in [4.78, 5) is 0. The Morgan fingerprint density at radius 1 is 1.40 bits per heavy atom. The van der Waals surface area contributed by atoms with Crippen molar-refractivity contribution in [2.75, 3.05) is 20.2 Å². The van der Waals surface area contributed by atoms with E-state index >= 15 is 0 Å². The van der Waals surface area contributed by atoms with Gasteiger partial charge in [-0.2, -0.15) is 0 Å². The van der Waals surface area contributed by atoms with Crippen molar-refractivity contribution < 1.29 is 14.6 Å². The van der Waals surface area contributed by atoms with E-state index in [-0.39, 0.29) is 6.10 Å². The predicted octanol–water partition coefficient (Wildman–Crippen LogP) is 2.30. The van der Waals surface area contributed by atoms with Crippen molar-refractivity contribution in [3.63, 3.8) is 0 Å². The van der Waals surface area contributed by atoms with Gasteiger partial charge in [0.25, 0.3) is 0 Å². The highest BCUT2D eigenvalue weighted by Crippen LogP contribution is 2.37. The maximum Gasteiger partial charge on any atom is 0.125 e. The van der Waals surface area contributed by atoms with Crippen LogP contribution >= 0.6 is 0 Å². The van der Waals surface area contributed by atoms with E-state index in [2.05, 4.69) is 19.2 Å². The normalized spacial score (nSPS) is 18.8. The number of hydrogen-bond donors (Lipinski definition) is 2. The largest absolute Gasteiger partial charge is 0.496 e. The summed E-state index contributed by atoms with van der Waals surface area (Å²) in [6.07, 6.45) is 0.503. The number of benzene rings is 1. The fourth-order valence-corrected chi connectivity index (χ4v) is 2.51. The van der Waals surface area contributed by atoms with E-state index in [4.69, 9.17) is 9.47 Å². The van der Waals surface area contributed by atoms with Gasteiger partial charge in [0.1, 0.15) is 17.6 Å². The van der Waals surface area contributed by atoms with Crippen molar-refractivity contribution in [1.29, 1.82) is 0 Å². The molecule has 0 spiro atoms. The molecule has 0 aromatic heterocycles. The third kappa shape index (κ3) is 3.44. The Labute approximate surface area is 121 Å². The van der Waals surface area contributed by atoms with Crippen LogP contribution in [0.1, 0.15) is 38.0 Å². The van der Waals surface area contributed by atoms with Crippen LogP contribution in [0.15, 0.2) is 12.1 Å². The average molecular weight is 279 g/mol. The quantitative estimate of drug-likeness (QED) is 0.839. The Hall–Kier alpha value is -1.26. The number of aliphatic hydroxyl groups excluding tert-OH is 1. The molecule has 112 valence electrons. The zero-order chi connectivity index (χ0) is 14.7. The number of methoxy groups -OCH3 is 1. The van der Waals surface area contributed by atoms with Crippen LogP contribution in [-0.2, 0) is 6.42 Å². The van der Waals surface area contributed by atoms with E-state index in [1.165, 1.54) is 0 Å². The van der Waals surface area contributed by atoms with Crippen LogP contribution in [0, 0.1) is 5.92 Å². The van der Waals surface area contributed by atoms with Crippen molar-refractivity contribution in [2.45, 2.75) is 39.4 Å². The van der Waals surface area contributed by atoms with Crippen molar-refractivity contribution in [3.05, 3.63) is 23.3 Å². The van der Waals surface area contributed by atoms with Crippen molar-refractivity contribution in [1.82, 2.24) is 5.32 Å².